The molecule has 0 unspecified atom stereocenters. The average molecular weight is 320 g/mol. The van der Waals surface area contributed by atoms with E-state index < -0.39 is 0 Å². The molecule has 1 saturated carbocycles. The summed E-state index contributed by atoms with van der Waals surface area (Å²) in [7, 11) is 1.48. The lowest BCUT2D eigenvalue weighted by molar-refractivity contribution is 0.103. The standard InChI is InChI=1S/C16H14ClNO2S/c1-20-16-13(17)7-8-14(18-16)15(19)10-3-2-4-12(9-10)21-11-5-6-11/h2-4,7-9,11H,5-6H2,1H3. The largest absolute Gasteiger partial charge is 0.480 e. The van der Waals surface area contributed by atoms with Crippen LogP contribution in [-0.4, -0.2) is 23.1 Å². The number of halogens is 1. The number of ether oxygens (including phenoxy) is 1. The molecule has 1 aromatic carbocycles. The molecular weight excluding hydrogens is 306 g/mol. The first-order chi connectivity index (χ1) is 10.2. The van der Waals surface area contributed by atoms with Crippen molar-refractivity contribution in [3.63, 3.8) is 0 Å². The summed E-state index contributed by atoms with van der Waals surface area (Å²) in [5, 5.41) is 1.11. The van der Waals surface area contributed by atoms with Gasteiger partial charge in [-0.15, -0.1) is 11.8 Å². The summed E-state index contributed by atoms with van der Waals surface area (Å²) < 4.78 is 5.06. The van der Waals surface area contributed by atoms with Crippen molar-refractivity contribution >= 4 is 29.1 Å². The number of ketones is 1. The summed E-state index contributed by atoms with van der Waals surface area (Å²) in [6.07, 6.45) is 2.53. The number of carbonyl (C=O) groups is 1. The van der Waals surface area contributed by atoms with Crippen molar-refractivity contribution in [2.45, 2.75) is 23.0 Å². The predicted molar refractivity (Wildman–Crippen MR) is 84.6 cm³/mol. The Balaban J connectivity index is 1.87. The van der Waals surface area contributed by atoms with Gasteiger partial charge in [0.2, 0.25) is 11.7 Å². The summed E-state index contributed by atoms with van der Waals surface area (Å²) >= 11 is 7.76. The van der Waals surface area contributed by atoms with Crippen LogP contribution in [0, 0.1) is 0 Å². The Kier molecular flexibility index (Phi) is 4.17. The molecule has 3 rings (SSSR count). The number of pyridine rings is 1. The van der Waals surface area contributed by atoms with Crippen LogP contribution in [0.5, 0.6) is 5.88 Å². The van der Waals surface area contributed by atoms with Crippen molar-refractivity contribution in [1.29, 1.82) is 0 Å². The van der Waals surface area contributed by atoms with Crippen LogP contribution in [0.15, 0.2) is 41.3 Å². The van der Waals surface area contributed by atoms with E-state index in [0.717, 1.165) is 4.90 Å². The SMILES string of the molecule is COc1nc(C(=O)c2cccc(SC3CC3)c2)ccc1Cl. The van der Waals surface area contributed by atoms with Crippen LogP contribution in [0.2, 0.25) is 5.02 Å². The van der Waals surface area contributed by atoms with Gasteiger partial charge >= 0.3 is 0 Å². The molecule has 5 heteroatoms. The highest BCUT2D eigenvalue weighted by molar-refractivity contribution is 8.00. The molecule has 0 atom stereocenters. The Morgan fingerprint density at radius 1 is 1.33 bits per heavy atom. The lowest BCUT2D eigenvalue weighted by atomic mass is 10.1. The molecular formula is C16H14ClNO2S. The van der Waals surface area contributed by atoms with Crippen LogP contribution in [0.1, 0.15) is 28.9 Å². The number of methoxy groups -OCH3 is 1. The van der Waals surface area contributed by atoms with Crippen molar-refractivity contribution in [2.24, 2.45) is 0 Å². The maximum atomic E-state index is 12.5. The number of rotatable bonds is 5. The van der Waals surface area contributed by atoms with Crippen molar-refractivity contribution in [3.8, 4) is 5.88 Å². The maximum Gasteiger partial charge on any atom is 0.232 e. The van der Waals surface area contributed by atoms with Gasteiger partial charge in [0.15, 0.2) is 0 Å². The second kappa shape index (κ2) is 6.08. The first-order valence-electron chi connectivity index (χ1n) is 6.69. The highest BCUT2D eigenvalue weighted by Gasteiger charge is 2.23. The van der Waals surface area contributed by atoms with Gasteiger partial charge in [0, 0.05) is 15.7 Å². The van der Waals surface area contributed by atoms with Crippen LogP contribution < -0.4 is 4.74 Å². The van der Waals surface area contributed by atoms with Gasteiger partial charge in [-0.25, -0.2) is 4.98 Å². The number of nitrogens with zero attached hydrogens (tertiary/aromatic N) is 1. The fourth-order valence-electron chi connectivity index (χ4n) is 1.93. The van der Waals surface area contributed by atoms with Crippen LogP contribution in [-0.2, 0) is 0 Å². The normalized spacial score (nSPS) is 14.0. The first kappa shape index (κ1) is 14.4. The monoisotopic (exact) mass is 319 g/mol. The molecule has 3 nitrogen and oxygen atoms in total. The molecule has 108 valence electrons. The Labute approximate surface area is 132 Å². The van der Waals surface area contributed by atoms with Gasteiger partial charge in [-0.05, 0) is 37.1 Å². The molecule has 1 aromatic heterocycles. The molecule has 0 spiro atoms. The zero-order valence-corrected chi connectivity index (χ0v) is 13.1. The second-order valence-electron chi connectivity index (χ2n) is 4.86. The molecule has 0 amide bonds. The second-order valence-corrected chi connectivity index (χ2v) is 6.64. The third-order valence-electron chi connectivity index (χ3n) is 3.16. The summed E-state index contributed by atoms with van der Waals surface area (Å²) in [5.74, 6) is 0.147. The number of thioether (sulfide) groups is 1. The van der Waals surface area contributed by atoms with Crippen molar-refractivity contribution in [3.05, 3.63) is 52.7 Å². The minimum absolute atomic E-state index is 0.122. The molecule has 0 aliphatic heterocycles. The van der Waals surface area contributed by atoms with E-state index in [-0.39, 0.29) is 11.7 Å². The van der Waals surface area contributed by atoms with E-state index in [1.807, 2.05) is 36.0 Å². The zero-order valence-electron chi connectivity index (χ0n) is 11.5. The number of hydrogen-bond acceptors (Lipinski definition) is 4. The number of benzene rings is 1. The van der Waals surface area contributed by atoms with Crippen LogP contribution in [0.4, 0.5) is 0 Å². The lowest BCUT2D eigenvalue weighted by Crippen LogP contribution is -2.05. The van der Waals surface area contributed by atoms with Gasteiger partial charge in [0.1, 0.15) is 10.7 Å². The summed E-state index contributed by atoms with van der Waals surface area (Å²) in [5.41, 5.74) is 0.974. The fraction of sp³-hybridized carbons (Fsp3) is 0.250. The van der Waals surface area contributed by atoms with Gasteiger partial charge < -0.3 is 4.74 Å². The van der Waals surface area contributed by atoms with Crippen molar-refractivity contribution in [1.82, 2.24) is 4.98 Å². The van der Waals surface area contributed by atoms with Crippen LogP contribution >= 0.6 is 23.4 Å². The van der Waals surface area contributed by atoms with Gasteiger partial charge in [-0.1, -0.05) is 23.7 Å². The topological polar surface area (TPSA) is 39.2 Å². The predicted octanol–water partition coefficient (Wildman–Crippen LogP) is 4.23. The lowest BCUT2D eigenvalue weighted by Gasteiger charge is -2.06. The fourth-order valence-corrected chi connectivity index (χ4v) is 3.22. The van der Waals surface area contributed by atoms with E-state index in [1.165, 1.54) is 20.0 Å². The maximum absolute atomic E-state index is 12.5. The van der Waals surface area contributed by atoms with E-state index in [2.05, 4.69) is 4.98 Å². The Morgan fingerprint density at radius 2 is 2.14 bits per heavy atom. The van der Waals surface area contributed by atoms with Gasteiger partial charge in [0.05, 0.1) is 7.11 Å². The van der Waals surface area contributed by atoms with E-state index in [4.69, 9.17) is 16.3 Å². The van der Waals surface area contributed by atoms with E-state index >= 15 is 0 Å². The quantitative estimate of drug-likeness (QED) is 0.773. The van der Waals surface area contributed by atoms with E-state index in [1.54, 1.807) is 12.1 Å². The molecule has 2 aromatic rings. The minimum atomic E-state index is -0.122. The summed E-state index contributed by atoms with van der Waals surface area (Å²) in [6.45, 7) is 0. The summed E-state index contributed by atoms with van der Waals surface area (Å²) in [6, 6.07) is 10.9. The molecule has 1 aliphatic rings. The molecule has 0 saturated heterocycles. The Morgan fingerprint density at radius 3 is 2.86 bits per heavy atom. The van der Waals surface area contributed by atoms with Crippen LogP contribution in [0.25, 0.3) is 0 Å². The average Bonchev–Trinajstić information content (AvgIpc) is 3.31. The van der Waals surface area contributed by atoms with Gasteiger partial charge in [-0.2, -0.15) is 0 Å². The highest BCUT2D eigenvalue weighted by atomic mass is 35.5. The molecule has 1 aliphatic carbocycles. The third-order valence-corrected chi connectivity index (χ3v) is 4.78. The number of hydrogen-bond donors (Lipinski definition) is 0. The van der Waals surface area contributed by atoms with Gasteiger partial charge in [0.25, 0.3) is 0 Å². The summed E-state index contributed by atoms with van der Waals surface area (Å²) in [4.78, 5) is 17.8. The first-order valence-corrected chi connectivity index (χ1v) is 7.95. The molecule has 0 N–H and O–H groups in total. The highest BCUT2D eigenvalue weighted by Crippen LogP contribution is 2.39. The Hall–Kier alpha value is -1.52. The zero-order chi connectivity index (χ0) is 14.8. The molecule has 1 heterocycles. The Bertz CT molecular complexity index is 686. The number of aromatic nitrogens is 1. The smallest absolute Gasteiger partial charge is 0.232 e. The van der Waals surface area contributed by atoms with E-state index in [0.29, 0.717) is 21.5 Å². The molecule has 0 bridgehead atoms. The minimum Gasteiger partial charge on any atom is -0.480 e. The molecule has 0 radical (unpaired) electrons. The molecule has 1 fully saturated rings. The molecule has 21 heavy (non-hydrogen) atoms. The van der Waals surface area contributed by atoms with E-state index in [9.17, 15) is 4.79 Å². The van der Waals surface area contributed by atoms with Gasteiger partial charge in [-0.3, -0.25) is 4.79 Å². The van der Waals surface area contributed by atoms with Crippen molar-refractivity contribution in [2.75, 3.05) is 7.11 Å². The van der Waals surface area contributed by atoms with Crippen LogP contribution in [0.3, 0.4) is 0 Å². The number of carbonyl (C=O) groups excluding carboxylic acids is 1. The third kappa shape index (κ3) is 3.39. The van der Waals surface area contributed by atoms with Crippen molar-refractivity contribution < 1.29 is 9.53 Å².